The molecule has 1 aromatic carbocycles. The van der Waals surface area contributed by atoms with E-state index in [-0.39, 0.29) is 15.8 Å². The molecule has 0 unspecified atom stereocenters. The lowest BCUT2D eigenvalue weighted by molar-refractivity contribution is 0.412. The smallest absolute Gasteiger partial charge is 0.208 e. The van der Waals surface area contributed by atoms with E-state index in [2.05, 4.69) is 4.72 Å². The summed E-state index contributed by atoms with van der Waals surface area (Å²) in [6.07, 6.45) is 4.75. The van der Waals surface area contributed by atoms with Crippen molar-refractivity contribution >= 4 is 29.8 Å². The predicted molar refractivity (Wildman–Crippen MR) is 76.7 cm³/mol. The molecule has 1 N–H and O–H groups in total. The van der Waals surface area contributed by atoms with Crippen LogP contribution in [0.5, 0.6) is 0 Å². The molecule has 2 rings (SSSR count). The summed E-state index contributed by atoms with van der Waals surface area (Å²) in [5.74, 6) is 0. The zero-order valence-corrected chi connectivity index (χ0v) is 13.1. The van der Waals surface area contributed by atoms with E-state index in [4.69, 9.17) is 10.7 Å². The maximum absolute atomic E-state index is 12.2. The molecule has 20 heavy (non-hydrogen) atoms. The molecule has 0 radical (unpaired) electrons. The van der Waals surface area contributed by atoms with Gasteiger partial charge in [-0.1, -0.05) is 25.3 Å². The van der Waals surface area contributed by atoms with Crippen LogP contribution in [0.15, 0.2) is 34.1 Å². The number of rotatable bonds is 4. The fourth-order valence-electron chi connectivity index (χ4n) is 2.30. The molecular weight excluding hydrogens is 322 g/mol. The van der Waals surface area contributed by atoms with Gasteiger partial charge in [0.2, 0.25) is 10.0 Å². The van der Waals surface area contributed by atoms with Crippen molar-refractivity contribution in [1.29, 1.82) is 0 Å². The van der Waals surface area contributed by atoms with Crippen LogP contribution in [0.1, 0.15) is 32.1 Å². The minimum atomic E-state index is -3.94. The monoisotopic (exact) mass is 337 g/mol. The summed E-state index contributed by atoms with van der Waals surface area (Å²) in [5.41, 5.74) is 0. The van der Waals surface area contributed by atoms with Crippen LogP contribution < -0.4 is 4.72 Å². The van der Waals surface area contributed by atoms with Crippen LogP contribution in [0.4, 0.5) is 0 Å². The summed E-state index contributed by atoms with van der Waals surface area (Å²) in [6, 6.07) is 4.99. The third-order valence-electron chi connectivity index (χ3n) is 3.32. The largest absolute Gasteiger partial charge is 0.261 e. The molecule has 0 spiro atoms. The third kappa shape index (κ3) is 3.94. The van der Waals surface area contributed by atoms with Gasteiger partial charge in [-0.3, -0.25) is 0 Å². The average Bonchev–Trinajstić information content (AvgIpc) is 2.38. The van der Waals surface area contributed by atoms with Crippen molar-refractivity contribution in [2.24, 2.45) is 0 Å². The van der Waals surface area contributed by atoms with E-state index in [1.54, 1.807) is 0 Å². The second-order valence-corrected chi connectivity index (χ2v) is 9.15. The van der Waals surface area contributed by atoms with Crippen LogP contribution in [-0.2, 0) is 19.1 Å². The minimum Gasteiger partial charge on any atom is -0.208 e. The van der Waals surface area contributed by atoms with Crippen molar-refractivity contribution in [3.63, 3.8) is 0 Å². The van der Waals surface area contributed by atoms with Crippen molar-refractivity contribution in [2.45, 2.75) is 47.9 Å². The quantitative estimate of drug-likeness (QED) is 0.854. The average molecular weight is 338 g/mol. The first-order valence-corrected chi connectivity index (χ1v) is 10.2. The van der Waals surface area contributed by atoms with Gasteiger partial charge in [0.25, 0.3) is 9.05 Å². The molecule has 0 heterocycles. The van der Waals surface area contributed by atoms with Gasteiger partial charge < -0.3 is 0 Å². The first-order chi connectivity index (χ1) is 9.29. The van der Waals surface area contributed by atoms with Crippen molar-refractivity contribution in [3.8, 4) is 0 Å². The van der Waals surface area contributed by atoms with Crippen molar-refractivity contribution in [2.75, 3.05) is 0 Å². The van der Waals surface area contributed by atoms with E-state index in [0.717, 1.165) is 38.2 Å². The molecule has 1 aliphatic carbocycles. The molecule has 1 aromatic rings. The van der Waals surface area contributed by atoms with Gasteiger partial charge in [-0.15, -0.1) is 0 Å². The molecule has 1 fully saturated rings. The van der Waals surface area contributed by atoms with Crippen molar-refractivity contribution < 1.29 is 16.8 Å². The van der Waals surface area contributed by atoms with E-state index < -0.39 is 19.1 Å². The summed E-state index contributed by atoms with van der Waals surface area (Å²) in [7, 11) is -2.42. The molecule has 5 nitrogen and oxygen atoms in total. The Morgan fingerprint density at radius 3 is 2.20 bits per heavy atom. The topological polar surface area (TPSA) is 80.3 Å². The highest BCUT2D eigenvalue weighted by Gasteiger charge is 2.23. The van der Waals surface area contributed by atoms with E-state index >= 15 is 0 Å². The van der Waals surface area contributed by atoms with E-state index in [1.807, 2.05) is 0 Å². The highest BCUT2D eigenvalue weighted by atomic mass is 35.7. The highest BCUT2D eigenvalue weighted by Crippen LogP contribution is 2.22. The fraction of sp³-hybridized carbons (Fsp3) is 0.500. The number of sulfonamides is 1. The molecule has 0 saturated heterocycles. The van der Waals surface area contributed by atoms with E-state index in [9.17, 15) is 16.8 Å². The van der Waals surface area contributed by atoms with Crippen molar-refractivity contribution in [3.05, 3.63) is 24.3 Å². The van der Waals surface area contributed by atoms with Gasteiger partial charge in [-0.25, -0.2) is 21.6 Å². The number of nitrogens with one attached hydrogen (secondary N) is 1. The Hall–Kier alpha value is -0.630. The summed E-state index contributed by atoms with van der Waals surface area (Å²) in [4.78, 5) is -0.296. The SMILES string of the molecule is O=S(=O)(Cl)c1cccc(S(=O)(=O)NC2CCCCC2)c1. The molecule has 0 atom stereocenters. The van der Waals surface area contributed by atoms with E-state index in [1.165, 1.54) is 18.2 Å². The van der Waals surface area contributed by atoms with Crippen LogP contribution in [0.25, 0.3) is 0 Å². The first kappa shape index (κ1) is 15.8. The maximum Gasteiger partial charge on any atom is 0.261 e. The Kier molecular flexibility index (Phi) is 4.73. The Balaban J connectivity index is 2.25. The normalized spacial score (nSPS) is 18.1. The summed E-state index contributed by atoms with van der Waals surface area (Å²) >= 11 is 0. The summed E-state index contributed by atoms with van der Waals surface area (Å²) in [6.45, 7) is 0. The zero-order valence-electron chi connectivity index (χ0n) is 10.7. The van der Waals surface area contributed by atoms with Gasteiger partial charge >= 0.3 is 0 Å². The number of hydrogen-bond acceptors (Lipinski definition) is 4. The highest BCUT2D eigenvalue weighted by molar-refractivity contribution is 8.13. The number of halogens is 1. The van der Waals surface area contributed by atoms with Gasteiger partial charge in [0.15, 0.2) is 0 Å². The van der Waals surface area contributed by atoms with Gasteiger partial charge in [0.1, 0.15) is 0 Å². The van der Waals surface area contributed by atoms with E-state index in [0.29, 0.717) is 0 Å². The third-order valence-corrected chi connectivity index (χ3v) is 6.19. The Morgan fingerprint density at radius 2 is 1.60 bits per heavy atom. The maximum atomic E-state index is 12.2. The van der Waals surface area contributed by atoms with Crippen LogP contribution in [0, 0.1) is 0 Å². The molecule has 0 amide bonds. The van der Waals surface area contributed by atoms with Gasteiger partial charge in [-0.05, 0) is 31.0 Å². The predicted octanol–water partition coefficient (Wildman–Crippen LogP) is 2.23. The molecule has 8 heteroatoms. The second kappa shape index (κ2) is 6.01. The summed E-state index contributed by atoms with van der Waals surface area (Å²) < 4.78 is 49.6. The van der Waals surface area contributed by atoms with Crippen LogP contribution >= 0.6 is 10.7 Å². The fourth-order valence-corrected chi connectivity index (χ4v) is 4.52. The molecular formula is C12H16ClNO4S2. The Morgan fingerprint density at radius 1 is 1.00 bits per heavy atom. The number of hydrogen-bond donors (Lipinski definition) is 1. The van der Waals surface area contributed by atoms with Crippen LogP contribution in [-0.4, -0.2) is 22.9 Å². The second-order valence-electron chi connectivity index (χ2n) is 4.87. The lowest BCUT2D eigenvalue weighted by Gasteiger charge is -2.22. The Bertz CT molecular complexity index is 679. The molecule has 112 valence electrons. The minimum absolute atomic E-state index is 0.0787. The van der Waals surface area contributed by atoms with Gasteiger partial charge in [0.05, 0.1) is 9.79 Å². The Labute approximate surface area is 123 Å². The molecule has 0 bridgehead atoms. The van der Waals surface area contributed by atoms with Gasteiger partial charge in [-0.2, -0.15) is 0 Å². The first-order valence-electron chi connectivity index (χ1n) is 6.36. The van der Waals surface area contributed by atoms with Gasteiger partial charge in [0, 0.05) is 16.7 Å². The standard InChI is InChI=1S/C12H16ClNO4S2/c13-19(15,16)11-7-4-8-12(9-11)20(17,18)14-10-5-2-1-3-6-10/h4,7-10,14H,1-3,5-6H2. The molecule has 0 aliphatic heterocycles. The van der Waals surface area contributed by atoms with Crippen LogP contribution in [0.3, 0.4) is 0 Å². The molecule has 0 aromatic heterocycles. The number of benzene rings is 1. The van der Waals surface area contributed by atoms with Crippen molar-refractivity contribution in [1.82, 2.24) is 4.72 Å². The summed E-state index contributed by atoms with van der Waals surface area (Å²) in [5, 5.41) is 0. The zero-order chi connectivity index (χ0) is 14.8. The lowest BCUT2D eigenvalue weighted by atomic mass is 9.96. The molecule has 1 aliphatic rings. The molecule has 1 saturated carbocycles. The lowest BCUT2D eigenvalue weighted by Crippen LogP contribution is -2.36. The van der Waals surface area contributed by atoms with Crippen LogP contribution in [0.2, 0.25) is 0 Å².